The SMILES string of the molecule is CCc1cc(CNCC(O)COC)n(C)n1. The van der Waals surface area contributed by atoms with E-state index >= 15 is 0 Å². The predicted molar refractivity (Wildman–Crippen MR) is 62.2 cm³/mol. The van der Waals surface area contributed by atoms with Crippen molar-refractivity contribution in [2.24, 2.45) is 7.05 Å². The molecule has 1 rings (SSSR count). The quantitative estimate of drug-likeness (QED) is 0.692. The lowest BCUT2D eigenvalue weighted by atomic mass is 10.3. The number of aromatic nitrogens is 2. The summed E-state index contributed by atoms with van der Waals surface area (Å²) in [7, 11) is 3.51. The van der Waals surface area contributed by atoms with Crippen LogP contribution in [0.1, 0.15) is 18.3 Å². The third kappa shape index (κ3) is 3.92. The molecule has 0 aliphatic rings. The van der Waals surface area contributed by atoms with E-state index in [1.54, 1.807) is 7.11 Å². The van der Waals surface area contributed by atoms with Gasteiger partial charge in [0.15, 0.2) is 0 Å². The highest BCUT2D eigenvalue weighted by atomic mass is 16.5. The zero-order chi connectivity index (χ0) is 12.0. The maximum absolute atomic E-state index is 9.44. The van der Waals surface area contributed by atoms with Gasteiger partial charge in [-0.05, 0) is 12.5 Å². The van der Waals surface area contributed by atoms with Crippen LogP contribution in [0.15, 0.2) is 6.07 Å². The van der Waals surface area contributed by atoms with E-state index in [-0.39, 0.29) is 0 Å². The van der Waals surface area contributed by atoms with Crippen molar-refractivity contribution in [2.75, 3.05) is 20.3 Å². The maximum atomic E-state index is 9.44. The summed E-state index contributed by atoms with van der Waals surface area (Å²) in [5, 5.41) is 17.0. The van der Waals surface area contributed by atoms with Crippen molar-refractivity contribution in [1.29, 1.82) is 0 Å². The molecule has 0 radical (unpaired) electrons. The van der Waals surface area contributed by atoms with Gasteiger partial charge in [0.2, 0.25) is 0 Å². The van der Waals surface area contributed by atoms with Gasteiger partial charge >= 0.3 is 0 Å². The number of rotatable bonds is 7. The van der Waals surface area contributed by atoms with E-state index in [2.05, 4.69) is 23.4 Å². The molecule has 1 atom stereocenters. The summed E-state index contributed by atoms with van der Waals surface area (Å²) in [4.78, 5) is 0. The number of aliphatic hydroxyl groups is 1. The highest BCUT2D eigenvalue weighted by molar-refractivity contribution is 5.09. The Bertz CT molecular complexity index is 312. The first-order valence-corrected chi connectivity index (χ1v) is 5.56. The van der Waals surface area contributed by atoms with Gasteiger partial charge in [-0.3, -0.25) is 4.68 Å². The Morgan fingerprint density at radius 1 is 1.62 bits per heavy atom. The molecule has 1 aromatic heterocycles. The Morgan fingerprint density at radius 3 is 2.94 bits per heavy atom. The van der Waals surface area contributed by atoms with Gasteiger partial charge in [-0.1, -0.05) is 6.92 Å². The van der Waals surface area contributed by atoms with Crippen LogP contribution >= 0.6 is 0 Å². The van der Waals surface area contributed by atoms with Crippen LogP contribution in [0.2, 0.25) is 0 Å². The van der Waals surface area contributed by atoms with Crippen LogP contribution < -0.4 is 5.32 Å². The first-order chi connectivity index (χ1) is 7.67. The van der Waals surface area contributed by atoms with Crippen molar-refractivity contribution in [3.63, 3.8) is 0 Å². The number of nitrogens with zero attached hydrogens (tertiary/aromatic N) is 2. The van der Waals surface area contributed by atoms with Crippen LogP contribution in [0.5, 0.6) is 0 Å². The van der Waals surface area contributed by atoms with E-state index in [0.717, 1.165) is 17.8 Å². The van der Waals surface area contributed by atoms with Crippen LogP contribution in [0.3, 0.4) is 0 Å². The van der Waals surface area contributed by atoms with Crippen molar-refractivity contribution in [2.45, 2.75) is 26.0 Å². The Hall–Kier alpha value is -0.910. The van der Waals surface area contributed by atoms with Gasteiger partial charge in [-0.25, -0.2) is 0 Å². The molecule has 0 amide bonds. The first-order valence-electron chi connectivity index (χ1n) is 5.56. The van der Waals surface area contributed by atoms with Crippen LogP contribution in [-0.4, -0.2) is 41.3 Å². The molecule has 1 unspecified atom stereocenters. The molecule has 92 valence electrons. The summed E-state index contributed by atoms with van der Waals surface area (Å²) in [5.74, 6) is 0. The smallest absolute Gasteiger partial charge is 0.0897 e. The normalized spacial score (nSPS) is 13.0. The van der Waals surface area contributed by atoms with Crippen molar-refractivity contribution in [3.05, 3.63) is 17.5 Å². The minimum atomic E-state index is -0.455. The molecule has 2 N–H and O–H groups in total. The number of hydrogen-bond acceptors (Lipinski definition) is 4. The average Bonchev–Trinajstić information content (AvgIpc) is 2.60. The molecule has 0 aromatic carbocycles. The first kappa shape index (κ1) is 13.2. The third-order valence-corrected chi connectivity index (χ3v) is 2.43. The number of methoxy groups -OCH3 is 1. The van der Waals surface area contributed by atoms with E-state index < -0.39 is 6.10 Å². The number of aliphatic hydroxyl groups excluding tert-OH is 1. The molecule has 16 heavy (non-hydrogen) atoms. The van der Waals surface area contributed by atoms with Crippen molar-refractivity contribution < 1.29 is 9.84 Å². The lowest BCUT2D eigenvalue weighted by molar-refractivity contribution is 0.0643. The number of hydrogen-bond donors (Lipinski definition) is 2. The Labute approximate surface area is 96.4 Å². The summed E-state index contributed by atoms with van der Waals surface area (Å²) in [6.45, 7) is 3.69. The molecule has 0 aliphatic heterocycles. The van der Waals surface area contributed by atoms with E-state index in [1.165, 1.54) is 0 Å². The molecular formula is C11H21N3O2. The molecule has 1 aromatic rings. The molecule has 5 nitrogen and oxygen atoms in total. The summed E-state index contributed by atoms with van der Waals surface area (Å²) in [5.41, 5.74) is 2.22. The van der Waals surface area contributed by atoms with Crippen LogP contribution in [0.25, 0.3) is 0 Å². The van der Waals surface area contributed by atoms with Crippen LogP contribution in [0, 0.1) is 0 Å². The highest BCUT2D eigenvalue weighted by Crippen LogP contribution is 2.03. The van der Waals surface area contributed by atoms with Crippen molar-refractivity contribution in [1.82, 2.24) is 15.1 Å². The summed E-state index contributed by atoms with van der Waals surface area (Å²) >= 11 is 0. The van der Waals surface area contributed by atoms with Crippen molar-refractivity contribution in [3.8, 4) is 0 Å². The topological polar surface area (TPSA) is 59.3 Å². The summed E-state index contributed by atoms with van der Waals surface area (Å²) in [6.07, 6.45) is 0.490. The molecular weight excluding hydrogens is 206 g/mol. The molecule has 5 heteroatoms. The second-order valence-corrected chi connectivity index (χ2v) is 3.84. The van der Waals surface area contributed by atoms with Gasteiger partial charge in [0.25, 0.3) is 0 Å². The predicted octanol–water partition coefficient (Wildman–Crippen LogP) is 0.0794. The molecule has 0 spiro atoms. The average molecular weight is 227 g/mol. The van der Waals surface area contributed by atoms with E-state index in [1.807, 2.05) is 11.7 Å². The van der Waals surface area contributed by atoms with Gasteiger partial charge in [0.05, 0.1) is 24.1 Å². The fourth-order valence-corrected chi connectivity index (χ4v) is 1.53. The maximum Gasteiger partial charge on any atom is 0.0897 e. The number of aryl methyl sites for hydroxylation is 2. The second-order valence-electron chi connectivity index (χ2n) is 3.84. The summed E-state index contributed by atoms with van der Waals surface area (Å²) in [6, 6.07) is 2.08. The van der Waals surface area contributed by atoms with Crippen molar-refractivity contribution >= 4 is 0 Å². The monoisotopic (exact) mass is 227 g/mol. The van der Waals surface area contributed by atoms with E-state index in [9.17, 15) is 5.11 Å². The lowest BCUT2D eigenvalue weighted by Gasteiger charge is -2.10. The molecule has 0 bridgehead atoms. The molecule has 0 saturated heterocycles. The van der Waals surface area contributed by atoms with Gasteiger partial charge in [0.1, 0.15) is 0 Å². The van der Waals surface area contributed by atoms with Gasteiger partial charge in [-0.2, -0.15) is 5.10 Å². The Kier molecular flexibility index (Phi) is 5.45. The fraction of sp³-hybridized carbons (Fsp3) is 0.727. The van der Waals surface area contributed by atoms with Crippen LogP contribution in [0.4, 0.5) is 0 Å². The van der Waals surface area contributed by atoms with E-state index in [4.69, 9.17) is 4.74 Å². The number of ether oxygens (including phenoxy) is 1. The Morgan fingerprint density at radius 2 is 2.38 bits per heavy atom. The minimum Gasteiger partial charge on any atom is -0.389 e. The second kappa shape index (κ2) is 6.62. The molecule has 0 saturated carbocycles. The minimum absolute atomic E-state index is 0.360. The van der Waals surface area contributed by atoms with Gasteiger partial charge in [-0.15, -0.1) is 0 Å². The van der Waals surface area contributed by atoms with E-state index in [0.29, 0.717) is 19.7 Å². The third-order valence-electron chi connectivity index (χ3n) is 2.43. The Balaban J connectivity index is 2.33. The highest BCUT2D eigenvalue weighted by Gasteiger charge is 2.05. The number of nitrogens with one attached hydrogen (secondary N) is 1. The van der Waals surface area contributed by atoms with Gasteiger partial charge < -0.3 is 15.2 Å². The van der Waals surface area contributed by atoms with Crippen LogP contribution in [-0.2, 0) is 24.8 Å². The standard InChI is InChI=1S/C11H21N3O2/c1-4-9-5-10(14(2)13-9)6-12-7-11(15)8-16-3/h5,11-12,15H,4,6-8H2,1-3H3. The zero-order valence-corrected chi connectivity index (χ0v) is 10.2. The van der Waals surface area contributed by atoms with Gasteiger partial charge in [0, 0.05) is 27.2 Å². The zero-order valence-electron chi connectivity index (χ0n) is 10.2. The summed E-state index contributed by atoms with van der Waals surface area (Å²) < 4.78 is 6.71. The molecule has 1 heterocycles. The molecule has 0 fully saturated rings. The lowest BCUT2D eigenvalue weighted by Crippen LogP contribution is -2.30. The fourth-order valence-electron chi connectivity index (χ4n) is 1.53. The molecule has 0 aliphatic carbocycles. The largest absolute Gasteiger partial charge is 0.389 e.